The van der Waals surface area contributed by atoms with Gasteiger partial charge in [-0.1, -0.05) is 17.7 Å². The van der Waals surface area contributed by atoms with E-state index in [0.717, 1.165) is 37.4 Å². The summed E-state index contributed by atoms with van der Waals surface area (Å²) in [7, 11) is 0. The molecule has 164 valence electrons. The summed E-state index contributed by atoms with van der Waals surface area (Å²) in [5.74, 6) is 1.97. The van der Waals surface area contributed by atoms with Crippen molar-refractivity contribution in [3.8, 4) is 0 Å². The first-order valence-corrected chi connectivity index (χ1v) is 10.6. The highest BCUT2D eigenvalue weighted by atomic mass is 19.4. The number of allylic oxidation sites excluding steroid dienone is 6. The molecular weight excluding hydrogens is 395 g/mol. The van der Waals surface area contributed by atoms with Gasteiger partial charge in [0, 0.05) is 38.4 Å². The lowest BCUT2D eigenvalue weighted by Crippen LogP contribution is -2.52. The predicted octanol–water partition coefficient (Wildman–Crippen LogP) is 4.18. The quantitative estimate of drug-likeness (QED) is 0.690. The van der Waals surface area contributed by atoms with Crippen LogP contribution in [0.1, 0.15) is 26.2 Å². The summed E-state index contributed by atoms with van der Waals surface area (Å²) in [6, 6.07) is -0.218. The number of hydrogen-bond acceptors (Lipinski definition) is 3. The van der Waals surface area contributed by atoms with E-state index < -0.39 is 6.36 Å². The van der Waals surface area contributed by atoms with Gasteiger partial charge in [-0.05, 0) is 62.2 Å². The molecule has 0 radical (unpaired) electrons. The molecule has 0 aromatic carbocycles. The molecule has 3 atom stereocenters. The van der Waals surface area contributed by atoms with Crippen LogP contribution >= 0.6 is 0 Å². The van der Waals surface area contributed by atoms with Crippen molar-refractivity contribution in [2.24, 2.45) is 17.8 Å². The Morgan fingerprint density at radius 2 is 1.93 bits per heavy atom. The summed E-state index contributed by atoms with van der Waals surface area (Å²) >= 11 is 0. The third kappa shape index (κ3) is 5.09. The maximum Gasteiger partial charge on any atom is 0.573 e. The van der Waals surface area contributed by atoms with Crippen molar-refractivity contribution in [2.45, 2.75) is 32.5 Å². The van der Waals surface area contributed by atoms with E-state index in [2.05, 4.69) is 28.0 Å². The number of urea groups is 1. The second-order valence-electron chi connectivity index (χ2n) is 8.61. The summed E-state index contributed by atoms with van der Waals surface area (Å²) in [6.07, 6.45) is 6.21. The molecule has 1 heterocycles. The molecule has 0 aromatic rings. The van der Waals surface area contributed by atoms with Gasteiger partial charge in [0.1, 0.15) is 5.76 Å². The number of carbonyl (C=O) groups is 1. The molecule has 0 aromatic heterocycles. The average molecular weight is 423 g/mol. The van der Waals surface area contributed by atoms with Gasteiger partial charge in [0.15, 0.2) is 0 Å². The van der Waals surface area contributed by atoms with Crippen LogP contribution < -0.4 is 5.32 Å². The maximum atomic E-state index is 12.6. The number of nitrogens with zero attached hydrogens (tertiary/aromatic N) is 2. The van der Waals surface area contributed by atoms with Crippen LogP contribution in [-0.2, 0) is 4.74 Å². The van der Waals surface area contributed by atoms with Crippen LogP contribution in [0.4, 0.5) is 18.0 Å². The van der Waals surface area contributed by atoms with Crippen molar-refractivity contribution in [1.29, 1.82) is 0 Å². The molecule has 2 fully saturated rings. The topological polar surface area (TPSA) is 44.8 Å². The molecule has 1 saturated carbocycles. The van der Waals surface area contributed by atoms with Crippen LogP contribution in [0.25, 0.3) is 0 Å². The maximum absolute atomic E-state index is 12.6. The number of rotatable bonds is 4. The Bertz CT molecular complexity index is 792. The van der Waals surface area contributed by atoms with Gasteiger partial charge < -0.3 is 15.0 Å². The number of alkyl halides is 3. The number of nitrogens with one attached hydrogen (secondary N) is 1. The van der Waals surface area contributed by atoms with Crippen molar-refractivity contribution in [1.82, 2.24) is 15.1 Å². The summed E-state index contributed by atoms with van der Waals surface area (Å²) in [5.41, 5.74) is 2.03. The predicted molar refractivity (Wildman–Crippen MR) is 107 cm³/mol. The molecule has 4 rings (SSSR count). The van der Waals surface area contributed by atoms with Gasteiger partial charge in [-0.25, -0.2) is 4.79 Å². The van der Waals surface area contributed by atoms with E-state index in [1.165, 1.54) is 31.1 Å². The molecule has 3 unspecified atom stereocenters. The second-order valence-corrected chi connectivity index (χ2v) is 8.61. The molecular formula is C22H28F3N3O2. The summed E-state index contributed by atoms with van der Waals surface area (Å²) in [4.78, 5) is 16.8. The molecule has 1 saturated heterocycles. The third-order valence-electron chi connectivity index (χ3n) is 6.54. The molecule has 1 aliphatic heterocycles. The third-order valence-corrected chi connectivity index (χ3v) is 6.54. The van der Waals surface area contributed by atoms with Crippen molar-refractivity contribution in [2.75, 3.05) is 32.7 Å². The number of carbonyl (C=O) groups excluding carboxylic acids is 1. The van der Waals surface area contributed by atoms with Crippen LogP contribution in [0.5, 0.6) is 0 Å². The fraction of sp³-hybridized carbons (Fsp3) is 0.591. The van der Waals surface area contributed by atoms with Crippen LogP contribution in [-0.4, -0.2) is 54.9 Å². The first kappa shape index (κ1) is 21.0. The molecule has 2 bridgehead atoms. The Morgan fingerprint density at radius 1 is 1.17 bits per heavy atom. The summed E-state index contributed by atoms with van der Waals surface area (Å²) < 4.78 is 41.0. The molecule has 30 heavy (non-hydrogen) atoms. The second kappa shape index (κ2) is 8.49. The van der Waals surface area contributed by atoms with E-state index in [-0.39, 0.29) is 18.2 Å². The van der Waals surface area contributed by atoms with Gasteiger partial charge in [0.25, 0.3) is 0 Å². The van der Waals surface area contributed by atoms with Gasteiger partial charge in [-0.2, -0.15) is 0 Å². The van der Waals surface area contributed by atoms with Gasteiger partial charge in [-0.15, -0.1) is 13.2 Å². The van der Waals surface area contributed by atoms with Gasteiger partial charge >= 0.3 is 12.4 Å². The smallest absolute Gasteiger partial charge is 0.406 e. The van der Waals surface area contributed by atoms with E-state index in [4.69, 9.17) is 0 Å². The minimum absolute atomic E-state index is 0.218. The standard InChI is InChI=1S/C22H28F3N3O2/c1-15-11-16-12-17(20(15)13-16)14-27-7-9-28(10-8-27)21(29)26-18-3-2-4-19(6-5-18)30-22(23,24)25/h3-6,11,16-17,20H,2,7-10,12-14H2,1H3,(H,26,29). The number of piperazine rings is 1. The van der Waals surface area contributed by atoms with Crippen molar-refractivity contribution >= 4 is 6.03 Å². The van der Waals surface area contributed by atoms with E-state index >= 15 is 0 Å². The van der Waals surface area contributed by atoms with Crippen molar-refractivity contribution in [3.05, 3.63) is 47.4 Å². The molecule has 3 aliphatic carbocycles. The van der Waals surface area contributed by atoms with E-state index in [1.54, 1.807) is 16.5 Å². The highest BCUT2D eigenvalue weighted by molar-refractivity contribution is 5.77. The zero-order chi connectivity index (χ0) is 21.3. The summed E-state index contributed by atoms with van der Waals surface area (Å²) in [6.45, 7) is 6.36. The van der Waals surface area contributed by atoms with Crippen molar-refractivity contribution < 1.29 is 22.7 Å². The highest BCUT2D eigenvalue weighted by Crippen LogP contribution is 2.47. The first-order chi connectivity index (χ1) is 14.3. The van der Waals surface area contributed by atoms with E-state index in [1.807, 2.05) is 0 Å². The molecule has 0 spiro atoms. The van der Waals surface area contributed by atoms with Crippen LogP contribution in [0, 0.1) is 17.8 Å². The Labute approximate surface area is 174 Å². The molecule has 2 amide bonds. The number of amides is 2. The Hall–Kier alpha value is -2.22. The zero-order valence-electron chi connectivity index (χ0n) is 17.1. The van der Waals surface area contributed by atoms with Gasteiger partial charge in [0.2, 0.25) is 0 Å². The lowest BCUT2D eigenvalue weighted by atomic mass is 9.87. The van der Waals surface area contributed by atoms with E-state index in [0.29, 0.717) is 18.8 Å². The number of hydrogen-bond donors (Lipinski definition) is 1. The fourth-order valence-electron chi connectivity index (χ4n) is 5.14. The van der Waals surface area contributed by atoms with Crippen LogP contribution in [0.15, 0.2) is 47.4 Å². The lowest BCUT2D eigenvalue weighted by molar-refractivity contribution is -0.303. The monoisotopic (exact) mass is 423 g/mol. The first-order valence-electron chi connectivity index (χ1n) is 10.6. The van der Waals surface area contributed by atoms with Gasteiger partial charge in [-0.3, -0.25) is 4.90 Å². The number of halogens is 3. The molecule has 8 heteroatoms. The zero-order valence-corrected chi connectivity index (χ0v) is 17.1. The Balaban J connectivity index is 1.22. The van der Waals surface area contributed by atoms with Crippen molar-refractivity contribution in [3.63, 3.8) is 0 Å². The highest BCUT2D eigenvalue weighted by Gasteiger charge is 2.40. The molecule has 4 aliphatic rings. The lowest BCUT2D eigenvalue weighted by Gasteiger charge is -2.37. The summed E-state index contributed by atoms with van der Waals surface area (Å²) in [5, 5.41) is 2.79. The molecule has 1 N–H and O–H groups in total. The minimum Gasteiger partial charge on any atom is -0.406 e. The van der Waals surface area contributed by atoms with E-state index in [9.17, 15) is 18.0 Å². The van der Waals surface area contributed by atoms with Gasteiger partial charge in [0.05, 0.1) is 0 Å². The average Bonchev–Trinajstić information content (AvgIpc) is 3.16. The molecule has 5 nitrogen and oxygen atoms in total. The fourth-order valence-corrected chi connectivity index (χ4v) is 5.14. The minimum atomic E-state index is -4.73. The Morgan fingerprint density at radius 3 is 2.60 bits per heavy atom. The van der Waals surface area contributed by atoms with Crippen LogP contribution in [0.3, 0.4) is 0 Å². The number of ether oxygens (including phenoxy) is 1. The van der Waals surface area contributed by atoms with Crippen LogP contribution in [0.2, 0.25) is 0 Å². The Kier molecular flexibility index (Phi) is 5.95. The SMILES string of the molecule is CC1=CC2CC(CN3CCN(C(=O)NC4=CCC=C(OC(F)(F)F)C=C4)CC3)C1C2. The normalized spacial score (nSPS) is 29.3. The number of fused-ring (bicyclic) bond motifs is 2. The largest absolute Gasteiger partial charge is 0.573 e.